The molecule has 0 bridgehead atoms. The fourth-order valence-corrected chi connectivity index (χ4v) is 2.75. The van der Waals surface area contributed by atoms with Crippen LogP contribution < -0.4 is 0 Å². The Morgan fingerprint density at radius 3 is 2.25 bits per heavy atom. The molecule has 3 heteroatoms. The molecule has 1 aromatic carbocycles. The summed E-state index contributed by atoms with van der Waals surface area (Å²) in [5, 5.41) is 7.66. The number of aryl methyl sites for hydroxylation is 2. The monoisotopic (exact) mass is 292 g/mol. The van der Waals surface area contributed by atoms with E-state index < -0.39 is 0 Å². The largest absolute Gasteiger partial charge is 0.361 e. The lowest BCUT2D eigenvalue weighted by molar-refractivity contribution is 0.296. The second kappa shape index (κ2) is 7.49. The Balaban J connectivity index is 0.00000200. The van der Waals surface area contributed by atoms with E-state index in [-0.39, 0.29) is 12.4 Å². The van der Waals surface area contributed by atoms with Gasteiger partial charge in [-0.2, -0.15) is 0 Å². The lowest BCUT2D eigenvalue weighted by atomic mass is 9.94. The zero-order valence-corrected chi connectivity index (χ0v) is 13.5. The van der Waals surface area contributed by atoms with Gasteiger partial charge in [-0.15, -0.1) is 12.4 Å². The first-order valence-electron chi connectivity index (χ1n) is 7.12. The van der Waals surface area contributed by atoms with Gasteiger partial charge < -0.3 is 4.90 Å². The molecule has 1 aliphatic rings. The van der Waals surface area contributed by atoms with Gasteiger partial charge in [-0.05, 0) is 56.2 Å². The lowest BCUT2D eigenvalue weighted by Crippen LogP contribution is -2.36. The highest BCUT2D eigenvalue weighted by molar-refractivity contribution is 5.85. The van der Waals surface area contributed by atoms with Crippen LogP contribution in [0, 0.1) is 25.2 Å². The molecule has 1 N–H and O–H groups in total. The number of hydrogen-bond donors (Lipinski definition) is 1. The SMILES string of the molecule is CC(=N)N1CCC(C=Cc2c(C)cccc2C)CC1.Cl. The second-order valence-corrected chi connectivity index (χ2v) is 5.57. The smallest absolute Gasteiger partial charge is 0.0925 e. The highest BCUT2D eigenvalue weighted by atomic mass is 35.5. The van der Waals surface area contributed by atoms with Gasteiger partial charge in [0.05, 0.1) is 5.84 Å². The zero-order valence-electron chi connectivity index (χ0n) is 12.6. The third-order valence-electron chi connectivity index (χ3n) is 4.09. The maximum Gasteiger partial charge on any atom is 0.0925 e. The number of halogens is 1. The molecule has 0 aliphatic carbocycles. The lowest BCUT2D eigenvalue weighted by Gasteiger charge is -2.31. The van der Waals surface area contributed by atoms with Crippen molar-refractivity contribution in [1.29, 1.82) is 5.41 Å². The van der Waals surface area contributed by atoms with Crippen molar-refractivity contribution in [2.24, 2.45) is 5.92 Å². The number of hydrogen-bond acceptors (Lipinski definition) is 1. The third kappa shape index (κ3) is 4.11. The number of likely N-dealkylation sites (tertiary alicyclic amines) is 1. The van der Waals surface area contributed by atoms with Crippen molar-refractivity contribution < 1.29 is 0 Å². The number of nitrogens with zero attached hydrogens (tertiary/aromatic N) is 1. The molecule has 1 aliphatic heterocycles. The Kier molecular flexibility index (Phi) is 6.28. The van der Waals surface area contributed by atoms with E-state index in [1.165, 1.54) is 16.7 Å². The van der Waals surface area contributed by atoms with E-state index in [1.807, 2.05) is 6.92 Å². The first-order chi connectivity index (χ1) is 9.08. The summed E-state index contributed by atoms with van der Waals surface area (Å²) in [4.78, 5) is 2.17. The highest BCUT2D eigenvalue weighted by Crippen LogP contribution is 2.22. The van der Waals surface area contributed by atoms with Gasteiger partial charge in [0.2, 0.25) is 0 Å². The maximum absolute atomic E-state index is 7.66. The van der Waals surface area contributed by atoms with Crippen molar-refractivity contribution in [2.45, 2.75) is 33.6 Å². The molecule has 2 rings (SSSR count). The van der Waals surface area contributed by atoms with Gasteiger partial charge in [-0.3, -0.25) is 5.41 Å². The third-order valence-corrected chi connectivity index (χ3v) is 4.09. The van der Waals surface area contributed by atoms with Gasteiger partial charge in [-0.25, -0.2) is 0 Å². The molecule has 1 aromatic rings. The van der Waals surface area contributed by atoms with E-state index >= 15 is 0 Å². The van der Waals surface area contributed by atoms with Crippen molar-refractivity contribution in [2.75, 3.05) is 13.1 Å². The van der Waals surface area contributed by atoms with Crippen LogP contribution in [0.5, 0.6) is 0 Å². The minimum absolute atomic E-state index is 0. The molecule has 0 amide bonds. The molecule has 0 unspecified atom stereocenters. The van der Waals surface area contributed by atoms with E-state index in [1.54, 1.807) is 0 Å². The van der Waals surface area contributed by atoms with E-state index in [0.29, 0.717) is 11.8 Å². The fourth-order valence-electron chi connectivity index (χ4n) is 2.75. The second-order valence-electron chi connectivity index (χ2n) is 5.57. The molecule has 0 radical (unpaired) electrons. The maximum atomic E-state index is 7.66. The first-order valence-corrected chi connectivity index (χ1v) is 7.12. The van der Waals surface area contributed by atoms with Gasteiger partial charge in [-0.1, -0.05) is 30.4 Å². The van der Waals surface area contributed by atoms with E-state index in [0.717, 1.165) is 25.9 Å². The molecule has 1 saturated heterocycles. The zero-order chi connectivity index (χ0) is 13.8. The van der Waals surface area contributed by atoms with Gasteiger partial charge in [0.15, 0.2) is 0 Å². The van der Waals surface area contributed by atoms with E-state index in [4.69, 9.17) is 5.41 Å². The van der Waals surface area contributed by atoms with Crippen LogP contribution in [0.15, 0.2) is 24.3 Å². The fraction of sp³-hybridized carbons (Fsp3) is 0.471. The first kappa shape index (κ1) is 16.8. The molecule has 2 nitrogen and oxygen atoms in total. The number of rotatable bonds is 2. The molecular weight excluding hydrogens is 268 g/mol. The van der Waals surface area contributed by atoms with Crippen LogP contribution >= 0.6 is 12.4 Å². The number of piperidine rings is 1. The topological polar surface area (TPSA) is 27.1 Å². The Labute approximate surface area is 128 Å². The summed E-state index contributed by atoms with van der Waals surface area (Å²) in [5.41, 5.74) is 4.07. The quantitative estimate of drug-likeness (QED) is 0.633. The highest BCUT2D eigenvalue weighted by Gasteiger charge is 2.17. The Morgan fingerprint density at radius 2 is 1.75 bits per heavy atom. The van der Waals surface area contributed by atoms with Crippen LogP contribution in [0.3, 0.4) is 0 Å². The van der Waals surface area contributed by atoms with Gasteiger partial charge >= 0.3 is 0 Å². The summed E-state index contributed by atoms with van der Waals surface area (Å²) in [6, 6.07) is 6.47. The van der Waals surface area contributed by atoms with Gasteiger partial charge in [0, 0.05) is 13.1 Å². The van der Waals surface area contributed by atoms with Crippen LogP contribution in [0.1, 0.15) is 36.5 Å². The molecular formula is C17H25ClN2. The summed E-state index contributed by atoms with van der Waals surface area (Å²) < 4.78 is 0. The van der Waals surface area contributed by atoms with Gasteiger partial charge in [0.25, 0.3) is 0 Å². The molecule has 0 saturated carbocycles. The minimum Gasteiger partial charge on any atom is -0.361 e. The van der Waals surface area contributed by atoms with Crippen LogP contribution in [0.25, 0.3) is 6.08 Å². The number of allylic oxidation sites excluding steroid dienone is 1. The number of benzene rings is 1. The summed E-state index contributed by atoms with van der Waals surface area (Å²) in [7, 11) is 0. The van der Waals surface area contributed by atoms with Crippen LogP contribution in [-0.2, 0) is 0 Å². The normalized spacial score (nSPS) is 16.2. The molecule has 1 heterocycles. The summed E-state index contributed by atoms with van der Waals surface area (Å²) in [5.74, 6) is 1.37. The molecule has 0 atom stereocenters. The van der Waals surface area contributed by atoms with E-state index in [2.05, 4.69) is 49.1 Å². The molecule has 1 fully saturated rings. The van der Waals surface area contributed by atoms with Crippen molar-refractivity contribution >= 4 is 24.3 Å². The average molecular weight is 293 g/mol. The predicted octanol–water partition coefficient (Wildman–Crippen LogP) is 4.45. The predicted molar refractivity (Wildman–Crippen MR) is 89.9 cm³/mol. The Hall–Kier alpha value is -1.28. The average Bonchev–Trinajstić information content (AvgIpc) is 2.38. The van der Waals surface area contributed by atoms with Crippen molar-refractivity contribution in [1.82, 2.24) is 4.90 Å². The molecule has 20 heavy (non-hydrogen) atoms. The standard InChI is InChI=1S/C17H24N2.ClH/c1-13-5-4-6-14(2)17(13)8-7-16-9-11-19(12-10-16)15(3)18;/h4-8,16,18H,9-12H2,1-3H3;1H. The molecule has 0 spiro atoms. The molecule has 0 aromatic heterocycles. The summed E-state index contributed by atoms with van der Waals surface area (Å²) in [6.45, 7) is 8.28. The van der Waals surface area contributed by atoms with E-state index in [9.17, 15) is 0 Å². The molecule has 110 valence electrons. The summed E-state index contributed by atoms with van der Waals surface area (Å²) >= 11 is 0. The van der Waals surface area contributed by atoms with Crippen molar-refractivity contribution in [3.63, 3.8) is 0 Å². The number of amidine groups is 1. The van der Waals surface area contributed by atoms with Gasteiger partial charge in [0.1, 0.15) is 0 Å². The minimum atomic E-state index is 0. The number of nitrogens with one attached hydrogen (secondary N) is 1. The van der Waals surface area contributed by atoms with Crippen LogP contribution in [0.4, 0.5) is 0 Å². The summed E-state index contributed by atoms with van der Waals surface area (Å²) in [6.07, 6.45) is 6.99. The van der Waals surface area contributed by atoms with Crippen molar-refractivity contribution in [3.05, 3.63) is 41.0 Å². The van der Waals surface area contributed by atoms with Crippen LogP contribution in [-0.4, -0.2) is 23.8 Å². The Bertz CT molecular complexity index is 466. The Morgan fingerprint density at radius 1 is 1.20 bits per heavy atom. The van der Waals surface area contributed by atoms with Crippen LogP contribution in [0.2, 0.25) is 0 Å². The van der Waals surface area contributed by atoms with Crippen molar-refractivity contribution in [3.8, 4) is 0 Å².